The van der Waals surface area contributed by atoms with Gasteiger partial charge < -0.3 is 5.32 Å². The van der Waals surface area contributed by atoms with Crippen molar-refractivity contribution in [1.29, 1.82) is 0 Å². The maximum atomic E-state index is 14.3. The van der Waals surface area contributed by atoms with Crippen LogP contribution in [0.4, 0.5) is 20.3 Å². The highest BCUT2D eigenvalue weighted by Gasteiger charge is 2.25. The first kappa shape index (κ1) is 25.1. The van der Waals surface area contributed by atoms with Crippen molar-refractivity contribution in [2.45, 2.75) is 33.1 Å². The predicted molar refractivity (Wildman–Crippen MR) is 134 cm³/mol. The number of aryl methyl sites for hydroxylation is 2. The summed E-state index contributed by atoms with van der Waals surface area (Å²) in [5.74, 6) is -1.40. The first-order chi connectivity index (χ1) is 17.3. The molecule has 0 spiro atoms. The lowest BCUT2D eigenvalue weighted by atomic mass is 9.98. The van der Waals surface area contributed by atoms with Gasteiger partial charge in [0.25, 0.3) is 11.6 Å². The lowest BCUT2D eigenvalue weighted by Crippen LogP contribution is -2.16. The maximum absolute atomic E-state index is 14.3. The van der Waals surface area contributed by atoms with E-state index < -0.39 is 22.5 Å². The summed E-state index contributed by atoms with van der Waals surface area (Å²) in [5, 5.41) is 21.8. The van der Waals surface area contributed by atoms with Gasteiger partial charge in [-0.2, -0.15) is 5.10 Å². The number of halogens is 2. The van der Waals surface area contributed by atoms with Crippen LogP contribution in [0.1, 0.15) is 39.0 Å². The second-order valence-electron chi connectivity index (χ2n) is 8.08. The van der Waals surface area contributed by atoms with Crippen LogP contribution in [0.5, 0.6) is 0 Å². The topological polar surface area (TPSA) is 98.0 Å². The third-order valence-electron chi connectivity index (χ3n) is 5.70. The molecular formula is C26H22F2N4O3S. The van der Waals surface area contributed by atoms with Gasteiger partial charge in [-0.3, -0.25) is 14.9 Å². The number of aromatic nitrogens is 2. The molecule has 0 saturated carbocycles. The average Bonchev–Trinajstić information content (AvgIpc) is 3.24. The van der Waals surface area contributed by atoms with Gasteiger partial charge in [0.15, 0.2) is 5.82 Å². The minimum absolute atomic E-state index is 0.0421. The average molecular weight is 509 g/mol. The zero-order chi connectivity index (χ0) is 25.8. The molecule has 2 heterocycles. The molecule has 0 aliphatic rings. The highest BCUT2D eigenvalue weighted by atomic mass is 32.1. The van der Waals surface area contributed by atoms with Gasteiger partial charge in [0, 0.05) is 27.5 Å². The van der Waals surface area contributed by atoms with Crippen LogP contribution in [0.15, 0.2) is 54.6 Å². The van der Waals surface area contributed by atoms with Crippen LogP contribution in [0.2, 0.25) is 0 Å². The Morgan fingerprint density at radius 2 is 1.69 bits per heavy atom. The molecule has 36 heavy (non-hydrogen) atoms. The van der Waals surface area contributed by atoms with Crippen LogP contribution in [0, 0.1) is 28.7 Å². The zero-order valence-electron chi connectivity index (χ0n) is 19.5. The van der Waals surface area contributed by atoms with E-state index in [1.54, 1.807) is 31.2 Å². The quantitative estimate of drug-likeness (QED) is 0.222. The highest BCUT2D eigenvalue weighted by Crippen LogP contribution is 2.39. The molecule has 0 aliphatic carbocycles. The molecule has 0 atom stereocenters. The summed E-state index contributed by atoms with van der Waals surface area (Å²) >= 11 is 1.34. The second kappa shape index (κ2) is 10.7. The molecule has 2 aromatic heterocycles. The van der Waals surface area contributed by atoms with Crippen LogP contribution < -0.4 is 5.32 Å². The van der Waals surface area contributed by atoms with Crippen LogP contribution in [0.25, 0.3) is 10.4 Å². The number of nitro groups is 1. The summed E-state index contributed by atoms with van der Waals surface area (Å²) < 4.78 is 28.5. The van der Waals surface area contributed by atoms with Crippen LogP contribution in [0.3, 0.4) is 0 Å². The van der Waals surface area contributed by atoms with E-state index in [9.17, 15) is 23.7 Å². The highest BCUT2D eigenvalue weighted by molar-refractivity contribution is 7.16. The van der Waals surface area contributed by atoms with E-state index in [4.69, 9.17) is 0 Å². The summed E-state index contributed by atoms with van der Waals surface area (Å²) in [5.41, 5.74) is 2.49. The third-order valence-corrected chi connectivity index (χ3v) is 7.04. The maximum Gasteiger partial charge on any atom is 0.269 e. The number of non-ortho nitro benzene ring substituents is 1. The number of amides is 1. The molecule has 0 bridgehead atoms. The number of anilines is 1. The number of nitrogens with one attached hydrogen (secondary N) is 1. The van der Waals surface area contributed by atoms with Crippen molar-refractivity contribution in [3.63, 3.8) is 0 Å². The van der Waals surface area contributed by atoms with Crippen molar-refractivity contribution in [3.8, 4) is 10.4 Å². The number of rotatable bonds is 8. The normalized spacial score (nSPS) is 10.9. The molecule has 184 valence electrons. The van der Waals surface area contributed by atoms with Crippen molar-refractivity contribution < 1.29 is 18.5 Å². The van der Waals surface area contributed by atoms with Crippen molar-refractivity contribution in [2.75, 3.05) is 5.32 Å². The summed E-state index contributed by atoms with van der Waals surface area (Å²) in [6, 6.07) is 13.2. The van der Waals surface area contributed by atoms with E-state index in [1.165, 1.54) is 41.7 Å². The largest absolute Gasteiger partial charge is 0.305 e. The monoisotopic (exact) mass is 508 g/mol. The molecule has 4 rings (SSSR count). The SMILES string of the molecule is CCc1c(-c2ccc([N+](=O)[O-])cc2)sc(CCc2c(F)cccc2F)c1C(=O)Nc1ccc(C)nn1. The Bertz CT molecular complexity index is 1400. The Labute approximate surface area is 210 Å². The zero-order valence-corrected chi connectivity index (χ0v) is 20.4. The number of hydrogen-bond donors (Lipinski definition) is 1. The predicted octanol–water partition coefficient (Wildman–Crippen LogP) is 6.30. The molecule has 7 nitrogen and oxygen atoms in total. The number of carbonyl (C=O) groups excluding carboxylic acids is 1. The van der Waals surface area contributed by atoms with E-state index in [2.05, 4.69) is 15.5 Å². The number of thiophene rings is 1. The fourth-order valence-corrected chi connectivity index (χ4v) is 5.31. The molecule has 0 unspecified atom stereocenters. The van der Waals surface area contributed by atoms with Crippen molar-refractivity contribution in [2.24, 2.45) is 0 Å². The molecule has 0 radical (unpaired) electrons. The molecule has 0 saturated heterocycles. The fraction of sp³-hybridized carbons (Fsp3) is 0.192. The van der Waals surface area contributed by atoms with Gasteiger partial charge in [-0.1, -0.05) is 13.0 Å². The van der Waals surface area contributed by atoms with E-state index in [0.717, 1.165) is 16.0 Å². The number of benzene rings is 2. The van der Waals surface area contributed by atoms with Gasteiger partial charge >= 0.3 is 0 Å². The molecule has 1 amide bonds. The molecule has 0 aliphatic heterocycles. The van der Waals surface area contributed by atoms with Crippen LogP contribution in [-0.2, 0) is 19.3 Å². The van der Waals surface area contributed by atoms with Gasteiger partial charge in [-0.05, 0) is 73.7 Å². The molecular weight excluding hydrogens is 486 g/mol. The van der Waals surface area contributed by atoms with E-state index >= 15 is 0 Å². The van der Waals surface area contributed by atoms with Gasteiger partial charge in [0.2, 0.25) is 0 Å². The van der Waals surface area contributed by atoms with Gasteiger partial charge in [-0.25, -0.2) is 8.78 Å². The summed E-state index contributed by atoms with van der Waals surface area (Å²) in [6.45, 7) is 3.68. The summed E-state index contributed by atoms with van der Waals surface area (Å²) in [7, 11) is 0. The smallest absolute Gasteiger partial charge is 0.269 e. The Balaban J connectivity index is 1.76. The van der Waals surface area contributed by atoms with Crippen LogP contribution >= 0.6 is 11.3 Å². The van der Waals surface area contributed by atoms with E-state index in [0.29, 0.717) is 22.6 Å². The molecule has 2 aromatic carbocycles. The summed E-state index contributed by atoms with van der Waals surface area (Å²) in [6.07, 6.45) is 0.788. The molecule has 10 heteroatoms. The Hall–Kier alpha value is -4.05. The minimum atomic E-state index is -0.640. The Kier molecular flexibility index (Phi) is 7.44. The van der Waals surface area contributed by atoms with Crippen molar-refractivity contribution in [3.05, 3.63) is 104 Å². The number of nitro benzene ring substituents is 1. The second-order valence-corrected chi connectivity index (χ2v) is 9.18. The number of hydrogen-bond acceptors (Lipinski definition) is 6. The van der Waals surface area contributed by atoms with Crippen molar-refractivity contribution >= 4 is 28.7 Å². The first-order valence-corrected chi connectivity index (χ1v) is 12.0. The molecule has 1 N–H and O–H groups in total. The lowest BCUT2D eigenvalue weighted by Gasteiger charge is -2.09. The Morgan fingerprint density at radius 1 is 1.00 bits per heavy atom. The van der Waals surface area contributed by atoms with Gasteiger partial charge in [0.05, 0.1) is 16.2 Å². The number of carbonyl (C=O) groups is 1. The standard InChI is InChI=1S/C26H22F2N4O3S/c1-3-18-24(26(33)29-23-14-7-15(2)30-31-23)22(13-12-19-20(27)5-4-6-21(19)28)36-25(18)16-8-10-17(11-9-16)32(34)35/h4-11,14H,3,12-13H2,1-2H3,(H,29,31,33). The van der Waals surface area contributed by atoms with Crippen LogP contribution in [-0.4, -0.2) is 21.0 Å². The fourth-order valence-electron chi connectivity index (χ4n) is 3.92. The Morgan fingerprint density at radius 3 is 2.28 bits per heavy atom. The minimum Gasteiger partial charge on any atom is -0.305 e. The van der Waals surface area contributed by atoms with Crippen molar-refractivity contribution in [1.82, 2.24) is 10.2 Å². The first-order valence-electron chi connectivity index (χ1n) is 11.2. The molecule has 0 fully saturated rings. The lowest BCUT2D eigenvalue weighted by molar-refractivity contribution is -0.384. The number of nitrogens with zero attached hydrogens (tertiary/aromatic N) is 3. The molecule has 4 aromatic rings. The van der Waals surface area contributed by atoms with Gasteiger partial charge in [-0.15, -0.1) is 16.4 Å². The summed E-state index contributed by atoms with van der Waals surface area (Å²) in [4.78, 5) is 25.4. The van der Waals surface area contributed by atoms with E-state index in [1.807, 2.05) is 6.92 Å². The van der Waals surface area contributed by atoms with Gasteiger partial charge in [0.1, 0.15) is 11.6 Å². The van der Waals surface area contributed by atoms with E-state index in [-0.39, 0.29) is 29.9 Å². The third kappa shape index (κ3) is 5.28.